The number of hydrogen-bond donors (Lipinski definition) is 0. The van der Waals surface area contributed by atoms with Gasteiger partial charge in [-0.2, -0.15) is 0 Å². The Hall–Kier alpha value is -2.45. The number of amides is 1. The molecule has 0 atom stereocenters. The molecule has 0 spiro atoms. The largest absolute Gasteiger partial charge is 0.342 e. The first kappa shape index (κ1) is 18.9. The number of nitrogens with zero attached hydrogens (tertiary/aromatic N) is 6. The number of aromatic nitrogens is 4. The lowest BCUT2D eigenvalue weighted by Gasteiger charge is -2.35. The van der Waals surface area contributed by atoms with Crippen molar-refractivity contribution >= 4 is 28.1 Å². The van der Waals surface area contributed by atoms with E-state index in [-0.39, 0.29) is 5.91 Å². The van der Waals surface area contributed by atoms with Gasteiger partial charge in [0.05, 0.1) is 23.8 Å². The molecule has 1 fully saturated rings. The van der Waals surface area contributed by atoms with Crippen molar-refractivity contribution < 1.29 is 4.79 Å². The van der Waals surface area contributed by atoms with Crippen molar-refractivity contribution in [2.45, 2.75) is 32.2 Å². The van der Waals surface area contributed by atoms with E-state index in [1.54, 1.807) is 23.7 Å². The Morgan fingerprint density at radius 1 is 1.21 bits per heavy atom. The highest BCUT2D eigenvalue weighted by Gasteiger charge is 2.24. The quantitative estimate of drug-likeness (QED) is 0.675. The van der Waals surface area contributed by atoms with Crippen LogP contribution in [0.3, 0.4) is 0 Å². The van der Waals surface area contributed by atoms with Gasteiger partial charge in [-0.25, -0.2) is 0 Å². The van der Waals surface area contributed by atoms with Crippen LogP contribution >= 0.6 is 11.3 Å². The summed E-state index contributed by atoms with van der Waals surface area (Å²) in [4.78, 5) is 25.9. The molecule has 4 rings (SSSR count). The van der Waals surface area contributed by atoms with Crippen molar-refractivity contribution in [3.63, 3.8) is 0 Å². The standard InChI is InChI=1S/C20H24N6OS/c1-13-23-24-20(28-13)15-8-14-9-16(21-12-18(14)22-11-15)10-19(27)26(3)17-4-6-25(2)7-5-17/h8-9,11-12,17H,4-7,10H2,1-3H3. The van der Waals surface area contributed by atoms with E-state index >= 15 is 0 Å². The van der Waals surface area contributed by atoms with Crippen LogP contribution in [0.4, 0.5) is 0 Å². The fraction of sp³-hybridized carbons (Fsp3) is 0.450. The van der Waals surface area contributed by atoms with Crippen LogP contribution in [0, 0.1) is 6.92 Å². The van der Waals surface area contributed by atoms with Crippen molar-refractivity contribution in [1.82, 2.24) is 30.0 Å². The van der Waals surface area contributed by atoms with Gasteiger partial charge in [-0.05, 0) is 52.0 Å². The van der Waals surface area contributed by atoms with Crippen LogP contribution in [-0.2, 0) is 11.2 Å². The third kappa shape index (κ3) is 4.02. The summed E-state index contributed by atoms with van der Waals surface area (Å²) in [5, 5.41) is 11.0. The third-order valence-corrected chi connectivity index (χ3v) is 6.25. The highest BCUT2D eigenvalue weighted by Crippen LogP contribution is 2.25. The van der Waals surface area contributed by atoms with Crippen LogP contribution in [-0.4, -0.2) is 69.1 Å². The van der Waals surface area contributed by atoms with E-state index in [9.17, 15) is 4.79 Å². The molecule has 1 aliphatic rings. The molecule has 7 nitrogen and oxygen atoms in total. The van der Waals surface area contributed by atoms with Crippen molar-refractivity contribution in [1.29, 1.82) is 0 Å². The smallest absolute Gasteiger partial charge is 0.228 e. The lowest BCUT2D eigenvalue weighted by molar-refractivity contribution is -0.132. The van der Waals surface area contributed by atoms with Gasteiger partial charge in [0, 0.05) is 30.2 Å². The number of fused-ring (bicyclic) bond motifs is 1. The summed E-state index contributed by atoms with van der Waals surface area (Å²) in [5.74, 6) is 0.116. The second-order valence-corrected chi connectivity index (χ2v) is 8.62. The van der Waals surface area contributed by atoms with Gasteiger partial charge in [0.1, 0.15) is 10.0 Å². The molecule has 8 heteroatoms. The second-order valence-electron chi connectivity index (χ2n) is 7.43. The Kier molecular flexibility index (Phi) is 5.32. The molecule has 1 aliphatic heterocycles. The van der Waals surface area contributed by atoms with E-state index in [2.05, 4.69) is 32.1 Å². The first-order chi connectivity index (χ1) is 13.5. The SMILES string of the molecule is Cc1nnc(-c2cnc3cnc(CC(=O)N(C)C4CCN(C)CC4)cc3c2)s1. The van der Waals surface area contributed by atoms with Gasteiger partial charge in [0.2, 0.25) is 5.91 Å². The number of rotatable bonds is 4. The number of carbonyl (C=O) groups excluding carboxylic acids is 1. The number of pyridine rings is 2. The van der Waals surface area contributed by atoms with E-state index < -0.39 is 0 Å². The molecule has 0 aliphatic carbocycles. The Morgan fingerprint density at radius 3 is 2.71 bits per heavy atom. The lowest BCUT2D eigenvalue weighted by Crippen LogP contribution is -2.45. The number of carbonyl (C=O) groups is 1. The third-order valence-electron chi connectivity index (χ3n) is 5.36. The topological polar surface area (TPSA) is 75.1 Å². The second kappa shape index (κ2) is 7.89. The van der Waals surface area contributed by atoms with Crippen LogP contribution in [0.2, 0.25) is 0 Å². The van der Waals surface area contributed by atoms with Crippen LogP contribution in [0.5, 0.6) is 0 Å². The number of aryl methyl sites for hydroxylation is 1. The van der Waals surface area contributed by atoms with Gasteiger partial charge in [-0.3, -0.25) is 14.8 Å². The van der Waals surface area contributed by atoms with Crippen molar-refractivity contribution in [2.75, 3.05) is 27.2 Å². The summed E-state index contributed by atoms with van der Waals surface area (Å²) in [5.41, 5.74) is 2.51. The maximum Gasteiger partial charge on any atom is 0.228 e. The van der Waals surface area contributed by atoms with E-state index in [0.29, 0.717) is 12.5 Å². The zero-order chi connectivity index (χ0) is 19.7. The molecule has 0 saturated carbocycles. The van der Waals surface area contributed by atoms with Crippen molar-refractivity contribution in [3.8, 4) is 10.6 Å². The molecule has 28 heavy (non-hydrogen) atoms. The predicted octanol–water partition coefficient (Wildman–Crippen LogP) is 2.55. The number of likely N-dealkylation sites (N-methyl/N-ethyl adjacent to an activating group) is 1. The van der Waals surface area contributed by atoms with Crippen molar-refractivity contribution in [2.24, 2.45) is 0 Å². The fourth-order valence-corrected chi connectivity index (χ4v) is 4.24. The minimum absolute atomic E-state index is 0.116. The number of piperidine rings is 1. The predicted molar refractivity (Wildman–Crippen MR) is 110 cm³/mol. The Bertz CT molecular complexity index is 995. The lowest BCUT2D eigenvalue weighted by atomic mass is 10.0. The highest BCUT2D eigenvalue weighted by atomic mass is 32.1. The first-order valence-corrected chi connectivity index (χ1v) is 10.3. The van der Waals surface area contributed by atoms with Gasteiger partial charge in [0.15, 0.2) is 0 Å². The van der Waals surface area contributed by atoms with E-state index in [1.165, 1.54) is 0 Å². The molecular weight excluding hydrogens is 372 g/mol. The van der Waals surface area contributed by atoms with Gasteiger partial charge >= 0.3 is 0 Å². The summed E-state index contributed by atoms with van der Waals surface area (Å²) in [6.45, 7) is 4.01. The van der Waals surface area contributed by atoms with Gasteiger partial charge in [-0.1, -0.05) is 11.3 Å². The van der Waals surface area contributed by atoms with Gasteiger partial charge < -0.3 is 9.80 Å². The molecule has 3 aromatic heterocycles. The number of hydrogen-bond acceptors (Lipinski definition) is 7. The summed E-state index contributed by atoms with van der Waals surface area (Å²) < 4.78 is 0. The molecule has 146 valence electrons. The molecule has 0 radical (unpaired) electrons. The summed E-state index contributed by atoms with van der Waals surface area (Å²) >= 11 is 1.54. The maximum absolute atomic E-state index is 12.8. The summed E-state index contributed by atoms with van der Waals surface area (Å²) in [7, 11) is 4.04. The molecule has 0 bridgehead atoms. The summed E-state index contributed by atoms with van der Waals surface area (Å²) in [6, 6.07) is 4.32. The molecule has 3 aromatic rings. The first-order valence-electron chi connectivity index (χ1n) is 9.49. The highest BCUT2D eigenvalue weighted by molar-refractivity contribution is 7.14. The average Bonchev–Trinajstić information content (AvgIpc) is 3.14. The molecule has 0 N–H and O–H groups in total. The van der Waals surface area contributed by atoms with Crippen LogP contribution in [0.25, 0.3) is 21.5 Å². The zero-order valence-corrected chi connectivity index (χ0v) is 17.2. The normalized spacial score (nSPS) is 15.8. The minimum atomic E-state index is 0.116. The molecule has 1 saturated heterocycles. The van der Waals surface area contributed by atoms with Crippen molar-refractivity contribution in [3.05, 3.63) is 35.2 Å². The molecule has 0 aromatic carbocycles. The molecule has 4 heterocycles. The average molecular weight is 397 g/mol. The van der Waals surface area contributed by atoms with Crippen LogP contribution in [0.15, 0.2) is 24.5 Å². The van der Waals surface area contributed by atoms with Crippen LogP contribution in [0.1, 0.15) is 23.5 Å². The van der Waals surface area contributed by atoms with Gasteiger partial charge in [-0.15, -0.1) is 10.2 Å². The zero-order valence-electron chi connectivity index (χ0n) is 16.4. The van der Waals surface area contributed by atoms with Gasteiger partial charge in [0.25, 0.3) is 0 Å². The number of likely N-dealkylation sites (tertiary alicyclic amines) is 1. The van der Waals surface area contributed by atoms with E-state index in [4.69, 9.17) is 0 Å². The summed E-state index contributed by atoms with van der Waals surface area (Å²) in [6.07, 6.45) is 5.89. The Balaban J connectivity index is 1.51. The molecule has 1 amide bonds. The molecule has 0 unspecified atom stereocenters. The van der Waals surface area contributed by atoms with E-state index in [1.807, 2.05) is 31.0 Å². The minimum Gasteiger partial charge on any atom is -0.342 e. The maximum atomic E-state index is 12.8. The van der Waals surface area contributed by atoms with E-state index in [0.717, 1.165) is 58.1 Å². The van der Waals surface area contributed by atoms with Crippen LogP contribution < -0.4 is 0 Å². The Morgan fingerprint density at radius 2 is 2.00 bits per heavy atom. The Labute approximate surface area is 168 Å². The monoisotopic (exact) mass is 396 g/mol. The fourth-order valence-electron chi connectivity index (χ4n) is 3.57. The molecular formula is C20H24N6OS.